The number of ether oxygens (including phenoxy) is 1. The molecule has 4 heteroatoms. The molecule has 3 rings (SSSR count). The van der Waals surface area contributed by atoms with Crippen LogP contribution in [0.5, 0.6) is 0 Å². The molecule has 21 heavy (non-hydrogen) atoms. The summed E-state index contributed by atoms with van der Waals surface area (Å²) in [6.07, 6.45) is 4.08. The molecule has 1 aromatic heterocycles. The second-order valence-electron chi connectivity index (χ2n) is 5.74. The van der Waals surface area contributed by atoms with E-state index in [4.69, 9.17) is 10.5 Å². The van der Waals surface area contributed by atoms with E-state index in [0.717, 1.165) is 38.1 Å². The van der Waals surface area contributed by atoms with Crippen LogP contribution in [0.15, 0.2) is 36.5 Å². The van der Waals surface area contributed by atoms with Crippen molar-refractivity contribution in [2.24, 2.45) is 5.73 Å². The first-order valence-corrected chi connectivity index (χ1v) is 7.63. The molecule has 0 amide bonds. The monoisotopic (exact) mass is 285 g/mol. The summed E-state index contributed by atoms with van der Waals surface area (Å²) in [5, 5.41) is 1.18. The van der Waals surface area contributed by atoms with Gasteiger partial charge in [0.25, 0.3) is 0 Å². The van der Waals surface area contributed by atoms with E-state index < -0.39 is 0 Å². The lowest BCUT2D eigenvalue weighted by Gasteiger charge is -2.40. The molecule has 0 aliphatic carbocycles. The van der Waals surface area contributed by atoms with E-state index >= 15 is 0 Å². The Bertz CT molecular complexity index is 601. The molecule has 2 atom stereocenters. The number of methoxy groups -OCH3 is 1. The first-order chi connectivity index (χ1) is 10.3. The summed E-state index contributed by atoms with van der Waals surface area (Å²) in [5.41, 5.74) is 8.75. The third-order valence-corrected chi connectivity index (χ3v) is 4.33. The first kappa shape index (κ1) is 14.4. The molecule has 2 unspecified atom stereocenters. The second-order valence-corrected chi connectivity index (χ2v) is 5.74. The van der Waals surface area contributed by atoms with E-state index in [-0.39, 0.29) is 12.1 Å². The fraction of sp³-hybridized carbons (Fsp3) is 0.471. The van der Waals surface area contributed by atoms with Crippen molar-refractivity contribution in [3.05, 3.63) is 42.1 Å². The maximum Gasteiger partial charge on any atom is 0.0702 e. The van der Waals surface area contributed by atoms with E-state index in [1.54, 1.807) is 7.11 Å². The summed E-state index contributed by atoms with van der Waals surface area (Å²) in [4.78, 5) is 6.84. The Balaban J connectivity index is 1.92. The molecule has 0 saturated carbocycles. The van der Waals surface area contributed by atoms with E-state index in [0.29, 0.717) is 0 Å². The zero-order valence-electron chi connectivity index (χ0n) is 12.5. The Morgan fingerprint density at radius 3 is 3.14 bits per heavy atom. The van der Waals surface area contributed by atoms with Crippen molar-refractivity contribution in [1.29, 1.82) is 0 Å². The molecule has 2 heterocycles. The van der Waals surface area contributed by atoms with Crippen LogP contribution in [0.3, 0.4) is 0 Å². The summed E-state index contributed by atoms with van der Waals surface area (Å²) in [6.45, 7) is 2.77. The molecule has 2 aromatic rings. The summed E-state index contributed by atoms with van der Waals surface area (Å²) < 4.78 is 5.24. The lowest BCUT2D eigenvalue weighted by atomic mass is 9.90. The number of likely N-dealkylation sites (tertiary alicyclic amines) is 1. The quantitative estimate of drug-likeness (QED) is 0.937. The Labute approximate surface area is 125 Å². The van der Waals surface area contributed by atoms with Crippen LogP contribution in [0.1, 0.15) is 24.4 Å². The van der Waals surface area contributed by atoms with Crippen molar-refractivity contribution in [3.63, 3.8) is 0 Å². The Hall–Kier alpha value is -1.49. The number of benzene rings is 1. The molecule has 1 fully saturated rings. The normalized spacial score (nSPS) is 23.5. The van der Waals surface area contributed by atoms with Crippen molar-refractivity contribution in [3.8, 4) is 0 Å². The van der Waals surface area contributed by atoms with Gasteiger partial charge in [0.1, 0.15) is 0 Å². The number of pyridine rings is 1. The Kier molecular flexibility index (Phi) is 4.48. The minimum Gasteiger partial charge on any atom is -0.383 e. The number of fused-ring (bicyclic) bond motifs is 1. The SMILES string of the molecule is COCCN1CCCC(N)C1c1ccc2ncccc2c1. The lowest BCUT2D eigenvalue weighted by molar-refractivity contribution is 0.0848. The minimum atomic E-state index is 0.185. The molecule has 112 valence electrons. The van der Waals surface area contributed by atoms with Crippen molar-refractivity contribution in [2.75, 3.05) is 26.8 Å². The molecule has 0 spiro atoms. The van der Waals surface area contributed by atoms with Gasteiger partial charge in [-0.1, -0.05) is 12.1 Å². The number of nitrogens with two attached hydrogens (primary N) is 1. The molecule has 2 N–H and O–H groups in total. The van der Waals surface area contributed by atoms with Crippen LogP contribution in [-0.4, -0.2) is 42.7 Å². The van der Waals surface area contributed by atoms with E-state index in [1.807, 2.05) is 12.3 Å². The van der Waals surface area contributed by atoms with Gasteiger partial charge in [-0.15, -0.1) is 0 Å². The Morgan fingerprint density at radius 2 is 2.29 bits per heavy atom. The number of piperidine rings is 1. The van der Waals surface area contributed by atoms with Crippen LogP contribution >= 0.6 is 0 Å². The smallest absolute Gasteiger partial charge is 0.0702 e. The maximum atomic E-state index is 6.42. The number of aromatic nitrogens is 1. The number of rotatable bonds is 4. The highest BCUT2D eigenvalue weighted by molar-refractivity contribution is 5.79. The molecular weight excluding hydrogens is 262 g/mol. The van der Waals surface area contributed by atoms with Crippen LogP contribution < -0.4 is 5.73 Å². The highest BCUT2D eigenvalue weighted by Gasteiger charge is 2.30. The molecular formula is C17H23N3O. The van der Waals surface area contributed by atoms with E-state index in [2.05, 4.69) is 34.1 Å². The standard InChI is InChI=1S/C17H23N3O/c1-21-11-10-20-9-3-5-15(18)17(20)14-6-7-16-13(12-14)4-2-8-19-16/h2,4,6-8,12,15,17H,3,5,9-11,18H2,1H3. The van der Waals surface area contributed by atoms with Gasteiger partial charge in [-0.25, -0.2) is 0 Å². The van der Waals surface area contributed by atoms with E-state index in [1.165, 1.54) is 10.9 Å². The van der Waals surface area contributed by atoms with Gasteiger partial charge in [0.15, 0.2) is 0 Å². The van der Waals surface area contributed by atoms with Gasteiger partial charge in [-0.2, -0.15) is 0 Å². The molecule has 1 aliphatic rings. The summed E-state index contributed by atoms with van der Waals surface area (Å²) in [6, 6.07) is 11.1. The van der Waals surface area contributed by atoms with Gasteiger partial charge in [0, 0.05) is 37.3 Å². The molecule has 0 radical (unpaired) electrons. The minimum absolute atomic E-state index is 0.185. The second kappa shape index (κ2) is 6.52. The van der Waals surface area contributed by atoms with Crippen molar-refractivity contribution in [1.82, 2.24) is 9.88 Å². The predicted molar refractivity (Wildman–Crippen MR) is 85.1 cm³/mol. The van der Waals surface area contributed by atoms with Gasteiger partial charge in [0.2, 0.25) is 0 Å². The maximum absolute atomic E-state index is 6.42. The summed E-state index contributed by atoms with van der Waals surface area (Å²) in [5.74, 6) is 0. The number of nitrogens with zero attached hydrogens (tertiary/aromatic N) is 2. The van der Waals surface area contributed by atoms with Crippen molar-refractivity contribution in [2.45, 2.75) is 24.9 Å². The highest BCUT2D eigenvalue weighted by Crippen LogP contribution is 2.31. The van der Waals surface area contributed by atoms with Crippen molar-refractivity contribution < 1.29 is 4.74 Å². The first-order valence-electron chi connectivity index (χ1n) is 7.63. The highest BCUT2D eigenvalue weighted by atomic mass is 16.5. The molecule has 1 aliphatic heterocycles. The van der Waals surface area contributed by atoms with Crippen molar-refractivity contribution >= 4 is 10.9 Å². The number of hydrogen-bond acceptors (Lipinski definition) is 4. The van der Waals surface area contributed by atoms with Gasteiger partial charge < -0.3 is 10.5 Å². The fourth-order valence-corrected chi connectivity index (χ4v) is 3.29. The van der Waals surface area contributed by atoms with Crippen LogP contribution in [0.2, 0.25) is 0 Å². The third-order valence-electron chi connectivity index (χ3n) is 4.33. The van der Waals surface area contributed by atoms with Crippen LogP contribution in [0, 0.1) is 0 Å². The topological polar surface area (TPSA) is 51.4 Å². The van der Waals surface area contributed by atoms with E-state index in [9.17, 15) is 0 Å². The Morgan fingerprint density at radius 1 is 1.38 bits per heavy atom. The summed E-state index contributed by atoms with van der Waals surface area (Å²) in [7, 11) is 1.75. The van der Waals surface area contributed by atoms with Gasteiger partial charge in [-0.3, -0.25) is 9.88 Å². The van der Waals surface area contributed by atoms with Crippen LogP contribution in [0.4, 0.5) is 0 Å². The van der Waals surface area contributed by atoms with Crippen LogP contribution in [-0.2, 0) is 4.74 Å². The summed E-state index contributed by atoms with van der Waals surface area (Å²) >= 11 is 0. The lowest BCUT2D eigenvalue weighted by Crippen LogP contribution is -2.46. The molecule has 0 bridgehead atoms. The molecule has 1 aromatic carbocycles. The molecule has 4 nitrogen and oxygen atoms in total. The average Bonchev–Trinajstić information content (AvgIpc) is 2.52. The molecule has 1 saturated heterocycles. The number of hydrogen-bond donors (Lipinski definition) is 1. The fourth-order valence-electron chi connectivity index (χ4n) is 3.29. The third kappa shape index (κ3) is 3.07. The average molecular weight is 285 g/mol. The van der Waals surface area contributed by atoms with Crippen LogP contribution in [0.25, 0.3) is 10.9 Å². The zero-order chi connectivity index (χ0) is 14.7. The van der Waals surface area contributed by atoms with Gasteiger partial charge in [0.05, 0.1) is 12.1 Å². The zero-order valence-corrected chi connectivity index (χ0v) is 12.5. The predicted octanol–water partition coefficient (Wildman–Crippen LogP) is 2.35. The van der Waals surface area contributed by atoms with Gasteiger partial charge >= 0.3 is 0 Å². The van der Waals surface area contributed by atoms with Gasteiger partial charge in [-0.05, 0) is 43.1 Å². The largest absolute Gasteiger partial charge is 0.383 e.